The Labute approximate surface area is 103 Å². The van der Waals surface area contributed by atoms with Crippen LogP contribution in [0.25, 0.3) is 0 Å². The molecule has 0 bridgehead atoms. The maximum Gasteiger partial charge on any atom is 0.263 e. The van der Waals surface area contributed by atoms with Crippen LogP contribution in [-0.4, -0.2) is 25.3 Å². The van der Waals surface area contributed by atoms with Crippen molar-refractivity contribution in [1.29, 1.82) is 0 Å². The number of hydrogen-bond donors (Lipinski definition) is 2. The van der Waals surface area contributed by atoms with Crippen LogP contribution in [-0.2, 0) is 0 Å². The van der Waals surface area contributed by atoms with Gasteiger partial charge in [0.1, 0.15) is 9.09 Å². The standard InChI is InChI=1S/C10H14N2O2S2/c1-14-7-6(11)8(16-10(7)15-2)9(13)12-5-3-4-5/h5H,3-4,11H2,1-2H3,(H,12,13). The maximum absolute atomic E-state index is 11.9. The van der Waals surface area contributed by atoms with E-state index in [0.717, 1.165) is 17.1 Å². The number of nitrogens with one attached hydrogen (secondary N) is 1. The molecule has 0 aromatic carbocycles. The summed E-state index contributed by atoms with van der Waals surface area (Å²) in [4.78, 5) is 12.4. The van der Waals surface area contributed by atoms with Crippen molar-refractivity contribution in [2.24, 2.45) is 0 Å². The van der Waals surface area contributed by atoms with Crippen LogP contribution in [0.3, 0.4) is 0 Å². The molecule has 1 amide bonds. The summed E-state index contributed by atoms with van der Waals surface area (Å²) >= 11 is 2.93. The van der Waals surface area contributed by atoms with Crippen molar-refractivity contribution in [2.45, 2.75) is 23.1 Å². The van der Waals surface area contributed by atoms with E-state index in [2.05, 4.69) is 5.32 Å². The Bertz CT molecular complexity index is 413. The zero-order valence-electron chi connectivity index (χ0n) is 9.20. The molecule has 0 radical (unpaired) electrons. The van der Waals surface area contributed by atoms with E-state index in [9.17, 15) is 4.79 Å². The highest BCUT2D eigenvalue weighted by molar-refractivity contribution is 8.00. The number of amides is 1. The first-order valence-electron chi connectivity index (χ1n) is 4.98. The highest BCUT2D eigenvalue weighted by atomic mass is 32.2. The summed E-state index contributed by atoms with van der Waals surface area (Å²) in [5, 5.41) is 2.93. The Morgan fingerprint density at radius 3 is 2.75 bits per heavy atom. The molecule has 1 aliphatic rings. The molecule has 0 aliphatic heterocycles. The molecule has 1 fully saturated rings. The Hall–Kier alpha value is -0.880. The van der Waals surface area contributed by atoms with Crippen molar-refractivity contribution < 1.29 is 9.53 Å². The number of carbonyl (C=O) groups excluding carboxylic acids is 1. The smallest absolute Gasteiger partial charge is 0.263 e. The van der Waals surface area contributed by atoms with Crippen molar-refractivity contribution in [2.75, 3.05) is 19.1 Å². The van der Waals surface area contributed by atoms with Crippen LogP contribution < -0.4 is 15.8 Å². The molecule has 2 rings (SSSR count). The van der Waals surface area contributed by atoms with Gasteiger partial charge in [0, 0.05) is 6.04 Å². The molecule has 0 saturated heterocycles. The number of anilines is 1. The van der Waals surface area contributed by atoms with Crippen LogP contribution in [0.4, 0.5) is 5.69 Å². The van der Waals surface area contributed by atoms with Gasteiger partial charge in [0.15, 0.2) is 5.75 Å². The molecule has 16 heavy (non-hydrogen) atoms. The third-order valence-corrected chi connectivity index (χ3v) is 4.66. The number of rotatable bonds is 4. The number of carbonyl (C=O) groups is 1. The molecule has 3 N–H and O–H groups in total. The zero-order valence-corrected chi connectivity index (χ0v) is 10.8. The van der Waals surface area contributed by atoms with E-state index in [-0.39, 0.29) is 5.91 Å². The van der Waals surface area contributed by atoms with Crippen LogP contribution in [0.1, 0.15) is 22.5 Å². The first kappa shape index (κ1) is 11.6. The predicted molar refractivity (Wildman–Crippen MR) is 67.6 cm³/mol. The lowest BCUT2D eigenvalue weighted by molar-refractivity contribution is 0.0956. The Morgan fingerprint density at radius 2 is 2.31 bits per heavy atom. The number of ether oxygens (including phenoxy) is 1. The van der Waals surface area contributed by atoms with Crippen molar-refractivity contribution in [1.82, 2.24) is 5.32 Å². The van der Waals surface area contributed by atoms with Gasteiger partial charge in [0.2, 0.25) is 0 Å². The lowest BCUT2D eigenvalue weighted by Gasteiger charge is -2.02. The molecular formula is C10H14N2O2S2. The third kappa shape index (κ3) is 2.12. The molecular weight excluding hydrogens is 244 g/mol. The minimum Gasteiger partial charge on any atom is -0.492 e. The van der Waals surface area contributed by atoms with Crippen LogP contribution in [0.2, 0.25) is 0 Å². The van der Waals surface area contributed by atoms with Gasteiger partial charge in [-0.3, -0.25) is 4.79 Å². The lowest BCUT2D eigenvalue weighted by Crippen LogP contribution is -2.25. The molecule has 1 heterocycles. The summed E-state index contributed by atoms with van der Waals surface area (Å²) < 4.78 is 6.15. The van der Waals surface area contributed by atoms with E-state index in [4.69, 9.17) is 10.5 Å². The fourth-order valence-corrected chi connectivity index (χ4v) is 3.17. The van der Waals surface area contributed by atoms with Crippen LogP contribution >= 0.6 is 23.1 Å². The molecule has 1 aromatic rings. The highest BCUT2D eigenvalue weighted by Gasteiger charge is 2.27. The fraction of sp³-hybridized carbons (Fsp3) is 0.500. The Balaban J connectivity index is 2.25. The highest BCUT2D eigenvalue weighted by Crippen LogP contribution is 2.43. The normalized spacial score (nSPS) is 14.9. The molecule has 6 heteroatoms. The van der Waals surface area contributed by atoms with Crippen LogP contribution in [0.15, 0.2) is 4.21 Å². The van der Waals surface area contributed by atoms with E-state index < -0.39 is 0 Å². The van der Waals surface area contributed by atoms with Gasteiger partial charge < -0.3 is 15.8 Å². The van der Waals surface area contributed by atoms with Crippen molar-refractivity contribution in [3.05, 3.63) is 4.88 Å². The fourth-order valence-electron chi connectivity index (χ4n) is 1.38. The SMILES string of the molecule is COc1c(SC)sc(C(=O)NC2CC2)c1N. The third-order valence-electron chi connectivity index (χ3n) is 2.38. The number of hydrogen-bond acceptors (Lipinski definition) is 5. The van der Waals surface area contributed by atoms with Gasteiger partial charge in [-0.25, -0.2) is 0 Å². The zero-order chi connectivity index (χ0) is 11.7. The van der Waals surface area contributed by atoms with Gasteiger partial charge in [0.25, 0.3) is 5.91 Å². The van der Waals surface area contributed by atoms with Gasteiger partial charge in [-0.1, -0.05) is 0 Å². The van der Waals surface area contributed by atoms with E-state index in [1.807, 2.05) is 6.26 Å². The molecule has 0 atom stereocenters. The number of nitrogens with two attached hydrogens (primary N) is 1. The number of methoxy groups -OCH3 is 1. The first-order valence-corrected chi connectivity index (χ1v) is 7.02. The molecule has 4 nitrogen and oxygen atoms in total. The van der Waals surface area contributed by atoms with Crippen molar-refractivity contribution in [3.63, 3.8) is 0 Å². The second-order valence-electron chi connectivity index (χ2n) is 3.62. The second kappa shape index (κ2) is 4.55. The van der Waals surface area contributed by atoms with Crippen molar-refractivity contribution in [3.8, 4) is 5.75 Å². The number of thiophene rings is 1. The summed E-state index contributed by atoms with van der Waals surface area (Å²) in [6.07, 6.45) is 4.09. The average Bonchev–Trinajstić information content (AvgIpc) is 3.01. The molecule has 1 saturated carbocycles. The lowest BCUT2D eigenvalue weighted by atomic mass is 10.3. The van der Waals surface area contributed by atoms with Gasteiger partial charge in [-0.15, -0.1) is 23.1 Å². The largest absolute Gasteiger partial charge is 0.492 e. The molecule has 1 aliphatic carbocycles. The minimum atomic E-state index is -0.0800. The molecule has 1 aromatic heterocycles. The van der Waals surface area contributed by atoms with Crippen LogP contribution in [0.5, 0.6) is 5.75 Å². The van der Waals surface area contributed by atoms with Gasteiger partial charge in [-0.05, 0) is 19.1 Å². The summed E-state index contributed by atoms with van der Waals surface area (Å²) in [5.74, 6) is 0.544. The molecule has 88 valence electrons. The molecule has 0 unspecified atom stereocenters. The molecule has 0 spiro atoms. The summed E-state index contributed by atoms with van der Waals surface area (Å²) in [7, 11) is 1.57. The summed E-state index contributed by atoms with van der Waals surface area (Å²) in [6, 6.07) is 0.345. The summed E-state index contributed by atoms with van der Waals surface area (Å²) in [6.45, 7) is 0. The van der Waals surface area contributed by atoms with E-state index in [1.54, 1.807) is 18.9 Å². The topological polar surface area (TPSA) is 64.3 Å². The Morgan fingerprint density at radius 1 is 1.62 bits per heavy atom. The van der Waals surface area contributed by atoms with E-state index in [1.165, 1.54) is 11.3 Å². The first-order chi connectivity index (χ1) is 7.67. The predicted octanol–water partition coefficient (Wildman–Crippen LogP) is 1.95. The van der Waals surface area contributed by atoms with Gasteiger partial charge >= 0.3 is 0 Å². The van der Waals surface area contributed by atoms with E-state index >= 15 is 0 Å². The van der Waals surface area contributed by atoms with E-state index in [0.29, 0.717) is 22.4 Å². The second-order valence-corrected chi connectivity index (χ2v) is 5.71. The Kier molecular flexibility index (Phi) is 3.30. The van der Waals surface area contributed by atoms with Gasteiger partial charge in [0.05, 0.1) is 12.8 Å². The average molecular weight is 258 g/mol. The van der Waals surface area contributed by atoms with Crippen molar-refractivity contribution >= 4 is 34.7 Å². The monoisotopic (exact) mass is 258 g/mol. The number of thioether (sulfide) groups is 1. The quantitative estimate of drug-likeness (QED) is 0.810. The number of nitrogen functional groups attached to an aromatic ring is 1. The van der Waals surface area contributed by atoms with Crippen LogP contribution in [0, 0.1) is 0 Å². The maximum atomic E-state index is 11.9. The summed E-state index contributed by atoms with van der Waals surface area (Å²) in [5.41, 5.74) is 6.35. The minimum absolute atomic E-state index is 0.0800. The van der Waals surface area contributed by atoms with Gasteiger partial charge in [-0.2, -0.15) is 0 Å².